The summed E-state index contributed by atoms with van der Waals surface area (Å²) in [6, 6.07) is 0. The predicted octanol–water partition coefficient (Wildman–Crippen LogP) is -2.05. The molecule has 0 heterocycles. The fraction of sp³-hybridized carbons (Fsp3) is 0. The maximum absolute atomic E-state index is 0. The van der Waals surface area contributed by atoms with Crippen molar-refractivity contribution in [1.29, 1.82) is 0 Å². The minimum absolute atomic E-state index is 0. The van der Waals surface area contributed by atoms with Crippen LogP contribution in [0.3, 0.4) is 0 Å². The van der Waals surface area contributed by atoms with Crippen molar-refractivity contribution in [3.05, 3.63) is 0 Å². The second-order valence-electron chi connectivity index (χ2n) is 0. The molecule has 5 heteroatoms. The summed E-state index contributed by atoms with van der Waals surface area (Å²) in [5.41, 5.74) is 0. The van der Waals surface area contributed by atoms with Crippen molar-refractivity contribution in [1.82, 2.24) is 0 Å². The molecule has 0 aliphatic rings. The molecular formula is H7ClIrO3. The van der Waals surface area contributed by atoms with Crippen LogP contribution in [0.2, 0.25) is 0 Å². The second kappa shape index (κ2) is 105. The minimum atomic E-state index is 0. The average Bonchev–Trinajstić information content (AvgIpc) is 0. The van der Waals surface area contributed by atoms with Crippen molar-refractivity contribution < 1.29 is 36.5 Å². The van der Waals surface area contributed by atoms with Crippen LogP contribution in [0.4, 0.5) is 0 Å². The smallest absolute Gasteiger partial charge is 0 e. The molecule has 0 aromatic carbocycles. The van der Waals surface area contributed by atoms with Crippen molar-refractivity contribution in [2.24, 2.45) is 0 Å². The summed E-state index contributed by atoms with van der Waals surface area (Å²) in [5.74, 6) is 0. The van der Waals surface area contributed by atoms with E-state index in [1.807, 2.05) is 0 Å². The average molecular weight is 283 g/mol. The summed E-state index contributed by atoms with van der Waals surface area (Å²) in [6.07, 6.45) is 0. The van der Waals surface area contributed by atoms with Crippen molar-refractivity contribution in [3.63, 3.8) is 0 Å². The Morgan fingerprint density at radius 3 is 0.600 bits per heavy atom. The zero-order valence-corrected chi connectivity index (χ0v) is 5.45. The van der Waals surface area contributed by atoms with Gasteiger partial charge in [0.2, 0.25) is 0 Å². The van der Waals surface area contributed by atoms with Crippen molar-refractivity contribution in [2.75, 3.05) is 0 Å². The fourth-order valence-electron chi connectivity index (χ4n) is 0. The van der Waals surface area contributed by atoms with Crippen molar-refractivity contribution >= 4 is 12.4 Å². The van der Waals surface area contributed by atoms with E-state index in [0.717, 1.165) is 0 Å². The Labute approximate surface area is 49.4 Å². The van der Waals surface area contributed by atoms with Gasteiger partial charge in [0.15, 0.2) is 0 Å². The molecule has 0 saturated carbocycles. The van der Waals surface area contributed by atoms with Gasteiger partial charge in [-0.1, -0.05) is 0 Å². The topological polar surface area (TPSA) is 94.5 Å². The third-order valence-electron chi connectivity index (χ3n) is 0. The number of rotatable bonds is 0. The molecule has 0 saturated heterocycles. The van der Waals surface area contributed by atoms with E-state index in [1.165, 1.54) is 0 Å². The molecule has 3 nitrogen and oxygen atoms in total. The Balaban J connectivity index is 0. The number of hydrogen-bond donors (Lipinski definition) is 0. The summed E-state index contributed by atoms with van der Waals surface area (Å²) >= 11 is 0. The zero-order chi connectivity index (χ0) is 0. The normalized spacial score (nSPS) is 0. The van der Waals surface area contributed by atoms with Crippen LogP contribution in [-0.4, -0.2) is 16.4 Å². The fourth-order valence-corrected chi connectivity index (χ4v) is 0. The van der Waals surface area contributed by atoms with Crippen LogP contribution in [0.1, 0.15) is 0 Å². The van der Waals surface area contributed by atoms with Gasteiger partial charge in [-0.05, 0) is 0 Å². The summed E-state index contributed by atoms with van der Waals surface area (Å²) in [4.78, 5) is 0. The van der Waals surface area contributed by atoms with Gasteiger partial charge in [-0.2, -0.15) is 0 Å². The van der Waals surface area contributed by atoms with Gasteiger partial charge in [0.25, 0.3) is 0 Å². The molecule has 0 unspecified atom stereocenters. The van der Waals surface area contributed by atoms with Crippen LogP contribution in [0.25, 0.3) is 0 Å². The standard InChI is InChI=1S/ClH.Ir.3H2O/h1H;;3*1H2. The molecule has 41 valence electrons. The molecule has 5 heavy (non-hydrogen) atoms. The van der Waals surface area contributed by atoms with Crippen LogP contribution in [0.15, 0.2) is 0 Å². The molecule has 0 aromatic heterocycles. The molecule has 0 aromatic rings. The summed E-state index contributed by atoms with van der Waals surface area (Å²) in [6.45, 7) is 0. The van der Waals surface area contributed by atoms with Crippen LogP contribution in [-0.2, 0) is 20.1 Å². The zero-order valence-electron chi connectivity index (χ0n) is 2.24. The maximum Gasteiger partial charge on any atom is 0 e. The Hall–Kier alpha value is 0.819. The Bertz CT molecular complexity index is 6.85. The second-order valence-corrected chi connectivity index (χ2v) is 0. The minimum Gasteiger partial charge on any atom is -0.412 e. The van der Waals surface area contributed by atoms with Gasteiger partial charge in [-0.15, -0.1) is 12.4 Å². The van der Waals surface area contributed by atoms with E-state index in [0.29, 0.717) is 0 Å². The van der Waals surface area contributed by atoms with Gasteiger partial charge < -0.3 is 16.4 Å². The van der Waals surface area contributed by atoms with E-state index in [1.54, 1.807) is 0 Å². The molecule has 0 fully saturated rings. The molecule has 0 bridgehead atoms. The monoisotopic (exact) mass is 283 g/mol. The summed E-state index contributed by atoms with van der Waals surface area (Å²) in [7, 11) is 0. The summed E-state index contributed by atoms with van der Waals surface area (Å²) < 4.78 is 0. The third-order valence-corrected chi connectivity index (χ3v) is 0. The first-order valence-electron chi connectivity index (χ1n) is 0. The molecule has 0 aliphatic carbocycles. The van der Waals surface area contributed by atoms with E-state index in [2.05, 4.69) is 0 Å². The van der Waals surface area contributed by atoms with Gasteiger partial charge in [0.1, 0.15) is 0 Å². The molecule has 0 atom stereocenters. The van der Waals surface area contributed by atoms with E-state index in [9.17, 15) is 0 Å². The molecule has 0 spiro atoms. The van der Waals surface area contributed by atoms with Crippen LogP contribution in [0.5, 0.6) is 0 Å². The molecular weight excluding hydrogens is 276 g/mol. The van der Waals surface area contributed by atoms with Gasteiger partial charge in [0.05, 0.1) is 0 Å². The molecule has 0 amide bonds. The van der Waals surface area contributed by atoms with E-state index in [-0.39, 0.29) is 48.9 Å². The van der Waals surface area contributed by atoms with Crippen LogP contribution in [0, 0.1) is 0 Å². The molecule has 0 aliphatic heterocycles. The third kappa shape index (κ3) is 57.1. The Morgan fingerprint density at radius 2 is 0.600 bits per heavy atom. The molecule has 6 N–H and O–H groups in total. The quantitative estimate of drug-likeness (QED) is 0.489. The van der Waals surface area contributed by atoms with Crippen molar-refractivity contribution in [3.8, 4) is 0 Å². The van der Waals surface area contributed by atoms with E-state index < -0.39 is 0 Å². The van der Waals surface area contributed by atoms with E-state index in [4.69, 9.17) is 0 Å². The SMILES string of the molecule is Cl.O.O.O.[Ir]. The van der Waals surface area contributed by atoms with Crippen molar-refractivity contribution in [2.45, 2.75) is 0 Å². The summed E-state index contributed by atoms with van der Waals surface area (Å²) in [5, 5.41) is 0. The number of hydrogen-bond acceptors (Lipinski definition) is 0. The first kappa shape index (κ1) is 201. The first-order valence-corrected chi connectivity index (χ1v) is 0. The Morgan fingerprint density at radius 1 is 0.600 bits per heavy atom. The molecule has 0 rings (SSSR count). The largest absolute Gasteiger partial charge is 0.412 e. The van der Waals surface area contributed by atoms with Gasteiger partial charge in [0, 0.05) is 20.1 Å². The van der Waals surface area contributed by atoms with E-state index >= 15 is 0 Å². The Kier molecular flexibility index (Phi) is 4220. The maximum atomic E-state index is 0. The van der Waals surface area contributed by atoms with Gasteiger partial charge in [-0.3, -0.25) is 0 Å². The van der Waals surface area contributed by atoms with Crippen LogP contribution >= 0.6 is 12.4 Å². The number of halogens is 1. The van der Waals surface area contributed by atoms with Gasteiger partial charge >= 0.3 is 0 Å². The van der Waals surface area contributed by atoms with Crippen LogP contribution < -0.4 is 0 Å². The predicted molar refractivity (Wildman–Crippen MR) is 18.1 cm³/mol. The molecule has 1 radical (unpaired) electrons. The van der Waals surface area contributed by atoms with Gasteiger partial charge in [-0.25, -0.2) is 0 Å². The first-order chi connectivity index (χ1) is 0.